The number of benzene rings is 1. The summed E-state index contributed by atoms with van der Waals surface area (Å²) >= 11 is 1.84. The Kier molecular flexibility index (Phi) is 2.39. The SMILES string of the molecule is CC1Sc2c(c(=O)n(C)c3ccccc23)C1(C)C. The van der Waals surface area contributed by atoms with Crippen molar-refractivity contribution in [3.63, 3.8) is 0 Å². The summed E-state index contributed by atoms with van der Waals surface area (Å²) in [4.78, 5) is 13.8. The van der Waals surface area contributed by atoms with E-state index in [2.05, 4.69) is 26.8 Å². The first-order chi connectivity index (χ1) is 8.44. The van der Waals surface area contributed by atoms with Crippen LogP contribution in [0, 0.1) is 0 Å². The number of pyridine rings is 1. The van der Waals surface area contributed by atoms with Gasteiger partial charge < -0.3 is 4.57 Å². The molecule has 0 aliphatic carbocycles. The average molecular weight is 259 g/mol. The number of para-hydroxylation sites is 1. The van der Waals surface area contributed by atoms with Crippen LogP contribution in [0.2, 0.25) is 0 Å². The predicted octanol–water partition coefficient (Wildman–Crippen LogP) is 3.31. The van der Waals surface area contributed by atoms with Crippen LogP contribution in [0.3, 0.4) is 0 Å². The smallest absolute Gasteiger partial charge is 0.255 e. The first kappa shape index (κ1) is 11.8. The molecule has 2 aromatic rings. The highest BCUT2D eigenvalue weighted by atomic mass is 32.2. The van der Waals surface area contributed by atoms with E-state index in [9.17, 15) is 4.79 Å². The molecule has 94 valence electrons. The molecule has 2 nitrogen and oxygen atoms in total. The normalized spacial score (nSPS) is 21.2. The number of nitrogens with zero attached hydrogens (tertiary/aromatic N) is 1. The van der Waals surface area contributed by atoms with Crippen molar-refractivity contribution in [1.29, 1.82) is 0 Å². The van der Waals surface area contributed by atoms with Gasteiger partial charge in [-0.2, -0.15) is 0 Å². The summed E-state index contributed by atoms with van der Waals surface area (Å²) in [6, 6.07) is 8.17. The van der Waals surface area contributed by atoms with Gasteiger partial charge in [-0.1, -0.05) is 39.0 Å². The number of fused-ring (bicyclic) bond motifs is 3. The zero-order chi connectivity index (χ0) is 13.1. The fourth-order valence-corrected chi connectivity index (χ4v) is 4.22. The van der Waals surface area contributed by atoms with Gasteiger partial charge in [0.05, 0.1) is 5.52 Å². The maximum atomic E-state index is 12.6. The number of hydrogen-bond acceptors (Lipinski definition) is 2. The molecule has 1 aromatic heterocycles. The van der Waals surface area contributed by atoms with E-state index in [1.54, 1.807) is 4.57 Å². The Bertz CT molecular complexity index is 699. The summed E-state index contributed by atoms with van der Waals surface area (Å²) < 4.78 is 1.79. The molecule has 1 aliphatic heterocycles. The summed E-state index contributed by atoms with van der Waals surface area (Å²) in [5.74, 6) is 0. The van der Waals surface area contributed by atoms with Crippen LogP contribution >= 0.6 is 11.8 Å². The Morgan fingerprint density at radius 2 is 1.94 bits per heavy atom. The van der Waals surface area contributed by atoms with Crippen molar-refractivity contribution in [1.82, 2.24) is 4.57 Å². The number of hydrogen-bond donors (Lipinski definition) is 0. The summed E-state index contributed by atoms with van der Waals surface area (Å²) in [5, 5.41) is 1.64. The first-order valence-corrected chi connectivity index (χ1v) is 7.11. The Balaban J connectivity index is 2.53. The minimum absolute atomic E-state index is 0.0567. The highest BCUT2D eigenvalue weighted by Gasteiger charge is 2.41. The molecule has 3 rings (SSSR count). The molecule has 0 saturated carbocycles. The topological polar surface area (TPSA) is 22.0 Å². The van der Waals surface area contributed by atoms with E-state index in [0.29, 0.717) is 5.25 Å². The highest BCUT2D eigenvalue weighted by Crippen LogP contribution is 2.49. The Labute approximate surface area is 111 Å². The third kappa shape index (κ3) is 1.34. The van der Waals surface area contributed by atoms with Crippen LogP contribution in [-0.2, 0) is 12.5 Å². The van der Waals surface area contributed by atoms with Gasteiger partial charge in [-0.25, -0.2) is 0 Å². The molecule has 0 radical (unpaired) electrons. The van der Waals surface area contributed by atoms with E-state index in [4.69, 9.17) is 0 Å². The second kappa shape index (κ2) is 3.64. The van der Waals surface area contributed by atoms with Crippen molar-refractivity contribution in [3.05, 3.63) is 40.2 Å². The molecular weight excluding hydrogens is 242 g/mol. The Morgan fingerprint density at radius 1 is 1.28 bits per heavy atom. The van der Waals surface area contributed by atoms with Gasteiger partial charge in [0.1, 0.15) is 0 Å². The van der Waals surface area contributed by atoms with E-state index in [1.807, 2.05) is 37.0 Å². The molecule has 1 aromatic carbocycles. The molecular formula is C15H17NOS. The number of thioether (sulfide) groups is 1. The van der Waals surface area contributed by atoms with E-state index < -0.39 is 0 Å². The van der Waals surface area contributed by atoms with Crippen LogP contribution in [0.15, 0.2) is 34.0 Å². The maximum Gasteiger partial charge on any atom is 0.255 e. The fraction of sp³-hybridized carbons (Fsp3) is 0.400. The minimum Gasteiger partial charge on any atom is -0.311 e. The van der Waals surface area contributed by atoms with E-state index >= 15 is 0 Å². The third-order valence-corrected chi connectivity index (χ3v) is 5.81. The molecule has 0 amide bonds. The molecule has 18 heavy (non-hydrogen) atoms. The van der Waals surface area contributed by atoms with Gasteiger partial charge in [0.2, 0.25) is 0 Å². The van der Waals surface area contributed by atoms with Crippen molar-refractivity contribution in [3.8, 4) is 0 Å². The van der Waals surface area contributed by atoms with E-state index in [-0.39, 0.29) is 11.0 Å². The lowest BCUT2D eigenvalue weighted by Crippen LogP contribution is -2.33. The van der Waals surface area contributed by atoms with Gasteiger partial charge in [0.25, 0.3) is 5.56 Å². The number of rotatable bonds is 0. The zero-order valence-corrected chi connectivity index (χ0v) is 12.0. The first-order valence-electron chi connectivity index (χ1n) is 6.23. The second-order valence-corrected chi connectivity index (χ2v) is 6.92. The summed E-state index contributed by atoms with van der Waals surface area (Å²) in [6.07, 6.45) is 0. The fourth-order valence-electron chi connectivity index (χ4n) is 2.68. The van der Waals surface area contributed by atoms with Crippen molar-refractivity contribution >= 4 is 22.7 Å². The van der Waals surface area contributed by atoms with Crippen LogP contribution in [-0.4, -0.2) is 9.82 Å². The molecule has 0 saturated heterocycles. The van der Waals surface area contributed by atoms with E-state index in [0.717, 1.165) is 11.1 Å². The van der Waals surface area contributed by atoms with Gasteiger partial charge in [-0.3, -0.25) is 4.79 Å². The summed E-state index contributed by atoms with van der Waals surface area (Å²) in [5.41, 5.74) is 2.11. The largest absolute Gasteiger partial charge is 0.311 e. The third-order valence-electron chi connectivity index (χ3n) is 4.21. The molecule has 1 atom stereocenters. The van der Waals surface area contributed by atoms with Gasteiger partial charge in [-0.15, -0.1) is 11.8 Å². The van der Waals surface area contributed by atoms with Gasteiger partial charge in [0.15, 0.2) is 0 Å². The lowest BCUT2D eigenvalue weighted by Gasteiger charge is -2.23. The van der Waals surface area contributed by atoms with Crippen LogP contribution in [0.4, 0.5) is 0 Å². The molecule has 0 spiro atoms. The molecule has 3 heteroatoms. The monoisotopic (exact) mass is 259 g/mol. The van der Waals surface area contributed by atoms with Crippen molar-refractivity contribution in [2.45, 2.75) is 36.3 Å². The van der Waals surface area contributed by atoms with Crippen LogP contribution < -0.4 is 5.56 Å². The van der Waals surface area contributed by atoms with Gasteiger partial charge >= 0.3 is 0 Å². The van der Waals surface area contributed by atoms with Crippen LogP contribution in [0.1, 0.15) is 26.3 Å². The molecule has 1 aliphatic rings. The van der Waals surface area contributed by atoms with Crippen LogP contribution in [0.25, 0.3) is 10.9 Å². The predicted molar refractivity (Wildman–Crippen MR) is 77.5 cm³/mol. The van der Waals surface area contributed by atoms with Gasteiger partial charge in [-0.05, 0) is 6.07 Å². The highest BCUT2D eigenvalue weighted by molar-refractivity contribution is 8.00. The average Bonchev–Trinajstić information content (AvgIpc) is 2.58. The quantitative estimate of drug-likeness (QED) is 0.724. The lowest BCUT2D eigenvalue weighted by atomic mass is 9.82. The standard InChI is InChI=1S/C15H17NOS/c1-9-15(2,3)12-13(18-9)10-7-5-6-8-11(10)16(4)14(12)17/h5-9H,1-4H3. The molecule has 0 bridgehead atoms. The summed E-state index contributed by atoms with van der Waals surface area (Å²) in [6.45, 7) is 6.55. The van der Waals surface area contributed by atoms with Crippen molar-refractivity contribution < 1.29 is 0 Å². The summed E-state index contributed by atoms with van der Waals surface area (Å²) in [7, 11) is 1.87. The van der Waals surface area contributed by atoms with Crippen molar-refractivity contribution in [2.24, 2.45) is 7.05 Å². The lowest BCUT2D eigenvalue weighted by molar-refractivity contribution is 0.517. The molecule has 0 N–H and O–H groups in total. The Morgan fingerprint density at radius 3 is 2.67 bits per heavy atom. The van der Waals surface area contributed by atoms with Crippen molar-refractivity contribution in [2.75, 3.05) is 0 Å². The van der Waals surface area contributed by atoms with E-state index in [1.165, 1.54) is 10.3 Å². The zero-order valence-electron chi connectivity index (χ0n) is 11.2. The molecule has 1 unspecified atom stereocenters. The minimum atomic E-state index is -0.0567. The Hall–Kier alpha value is -1.22. The van der Waals surface area contributed by atoms with Crippen LogP contribution in [0.5, 0.6) is 0 Å². The maximum absolute atomic E-state index is 12.6. The second-order valence-electron chi connectivity index (χ2n) is 5.57. The van der Waals surface area contributed by atoms with Gasteiger partial charge in [0, 0.05) is 33.6 Å². The molecule has 2 heterocycles. The molecule has 0 fully saturated rings. The number of aromatic nitrogens is 1. The number of aryl methyl sites for hydroxylation is 1.